The van der Waals surface area contributed by atoms with Crippen LogP contribution in [0.15, 0.2) is 133 Å². The van der Waals surface area contributed by atoms with Crippen molar-refractivity contribution in [1.29, 1.82) is 0 Å². The Morgan fingerprint density at radius 1 is 0.456 bits per heavy atom. The Balaban J connectivity index is 1.42. The van der Waals surface area contributed by atoms with Crippen molar-refractivity contribution in [2.24, 2.45) is 0 Å². The van der Waals surface area contributed by atoms with Gasteiger partial charge in [0.05, 0.1) is 43.0 Å². The van der Waals surface area contributed by atoms with Crippen LogP contribution in [0.1, 0.15) is 61.1 Å². The zero-order valence-corrected chi connectivity index (χ0v) is 33.9. The normalized spacial score (nSPS) is 14.9. The van der Waals surface area contributed by atoms with Gasteiger partial charge in [-0.1, -0.05) is 120 Å². The molecule has 0 bridgehead atoms. The topological polar surface area (TPSA) is 77.4 Å². The molecule has 0 radical (unpaired) electrons. The van der Waals surface area contributed by atoms with Gasteiger partial charge in [0.2, 0.25) is 0 Å². The summed E-state index contributed by atoms with van der Waals surface area (Å²) in [6, 6.07) is 47.9. The van der Waals surface area contributed by atoms with Crippen LogP contribution in [-0.2, 0) is 14.9 Å². The Kier molecular flexibility index (Phi) is 12.3. The molecular formula is C51H54O6. The van der Waals surface area contributed by atoms with Crippen LogP contribution < -0.4 is 9.47 Å². The molecule has 0 amide bonds. The average molecular weight is 763 g/mol. The highest BCUT2D eigenvalue weighted by atomic mass is 16.5. The Morgan fingerprint density at radius 3 is 1.23 bits per heavy atom. The molecule has 6 nitrogen and oxygen atoms in total. The lowest BCUT2D eigenvalue weighted by Gasteiger charge is -2.35. The molecule has 2 N–H and O–H groups in total. The van der Waals surface area contributed by atoms with Gasteiger partial charge in [0.1, 0.15) is 24.7 Å². The lowest BCUT2D eigenvalue weighted by atomic mass is 9.67. The SMILES string of the molecule is Cc1ccc(-c2cc(C3(c4ccc(OCC(C)OCC(C)O)c(-c5ccc(C)cc5)c4)c4ccccc4-c4ccccc43)ccc2OCC(C)OCC(C)O)cc1. The zero-order chi connectivity index (χ0) is 40.1. The molecule has 0 aliphatic heterocycles. The van der Waals surface area contributed by atoms with E-state index < -0.39 is 17.6 Å². The van der Waals surface area contributed by atoms with Gasteiger partial charge in [0.25, 0.3) is 0 Å². The first kappa shape index (κ1) is 40.0. The first-order chi connectivity index (χ1) is 27.5. The van der Waals surface area contributed by atoms with E-state index in [1.165, 1.54) is 33.4 Å². The number of benzene rings is 6. The predicted octanol–water partition coefficient (Wildman–Crippen LogP) is 10.3. The molecule has 0 saturated carbocycles. The second-order valence-electron chi connectivity index (χ2n) is 15.6. The molecule has 4 unspecified atom stereocenters. The Hall–Kier alpha value is -5.24. The van der Waals surface area contributed by atoms with Crippen molar-refractivity contribution in [3.05, 3.63) is 167 Å². The average Bonchev–Trinajstić information content (AvgIpc) is 3.52. The second kappa shape index (κ2) is 17.5. The highest BCUT2D eigenvalue weighted by Gasteiger charge is 2.46. The Morgan fingerprint density at radius 2 is 0.842 bits per heavy atom. The van der Waals surface area contributed by atoms with Crippen LogP contribution in [0.25, 0.3) is 33.4 Å². The van der Waals surface area contributed by atoms with Crippen molar-refractivity contribution in [3.63, 3.8) is 0 Å². The summed E-state index contributed by atoms with van der Waals surface area (Å²) in [7, 11) is 0. The second-order valence-corrected chi connectivity index (χ2v) is 15.6. The minimum Gasteiger partial charge on any atom is -0.490 e. The highest BCUT2D eigenvalue weighted by Crippen LogP contribution is 2.57. The number of fused-ring (bicyclic) bond motifs is 3. The van der Waals surface area contributed by atoms with Gasteiger partial charge in [-0.15, -0.1) is 0 Å². The maximum atomic E-state index is 9.80. The van der Waals surface area contributed by atoms with E-state index in [0.717, 1.165) is 44.9 Å². The van der Waals surface area contributed by atoms with Gasteiger partial charge in [-0.25, -0.2) is 0 Å². The maximum Gasteiger partial charge on any atom is 0.127 e. The van der Waals surface area contributed by atoms with E-state index in [1.807, 2.05) is 13.8 Å². The molecule has 1 aliphatic rings. The lowest BCUT2D eigenvalue weighted by molar-refractivity contribution is -0.0131. The van der Waals surface area contributed by atoms with Gasteiger partial charge in [0, 0.05) is 11.1 Å². The third-order valence-corrected chi connectivity index (χ3v) is 10.7. The molecule has 0 saturated heterocycles. The lowest BCUT2D eigenvalue weighted by Crippen LogP contribution is -2.29. The molecule has 0 aromatic heterocycles. The van der Waals surface area contributed by atoms with Crippen LogP contribution in [0.5, 0.6) is 11.5 Å². The Bertz CT molecular complexity index is 2110. The maximum absolute atomic E-state index is 9.80. The van der Waals surface area contributed by atoms with E-state index in [9.17, 15) is 10.2 Å². The van der Waals surface area contributed by atoms with E-state index in [-0.39, 0.29) is 25.4 Å². The molecule has 57 heavy (non-hydrogen) atoms. The number of hydrogen-bond acceptors (Lipinski definition) is 6. The van der Waals surface area contributed by atoms with E-state index in [4.69, 9.17) is 18.9 Å². The van der Waals surface area contributed by atoms with Crippen molar-refractivity contribution in [1.82, 2.24) is 0 Å². The minimum atomic E-state index is -0.690. The number of rotatable bonds is 16. The molecule has 1 aliphatic carbocycles. The van der Waals surface area contributed by atoms with Crippen molar-refractivity contribution >= 4 is 0 Å². The molecule has 7 rings (SSSR count). The van der Waals surface area contributed by atoms with Gasteiger partial charge in [-0.05, 0) is 110 Å². The summed E-state index contributed by atoms with van der Waals surface area (Å²) in [5, 5.41) is 19.6. The minimum absolute atomic E-state index is 0.209. The van der Waals surface area contributed by atoms with E-state index >= 15 is 0 Å². The number of aliphatic hydroxyl groups is 2. The molecule has 4 atom stereocenters. The van der Waals surface area contributed by atoms with Crippen LogP contribution >= 0.6 is 0 Å². The molecule has 6 heteroatoms. The summed E-state index contributed by atoms with van der Waals surface area (Å²) in [5.74, 6) is 1.53. The number of ether oxygens (including phenoxy) is 4. The third kappa shape index (κ3) is 8.56. The van der Waals surface area contributed by atoms with E-state index in [1.54, 1.807) is 13.8 Å². The first-order valence-corrected chi connectivity index (χ1v) is 20.0. The van der Waals surface area contributed by atoms with E-state index in [0.29, 0.717) is 13.2 Å². The summed E-state index contributed by atoms with van der Waals surface area (Å²) in [6.45, 7) is 12.7. The van der Waals surface area contributed by atoms with Crippen molar-refractivity contribution in [2.75, 3.05) is 26.4 Å². The van der Waals surface area contributed by atoms with Crippen LogP contribution in [0.2, 0.25) is 0 Å². The van der Waals surface area contributed by atoms with Gasteiger partial charge in [-0.2, -0.15) is 0 Å². The molecule has 6 aromatic rings. The van der Waals surface area contributed by atoms with Crippen molar-refractivity contribution in [2.45, 2.75) is 71.4 Å². The van der Waals surface area contributed by atoms with Crippen molar-refractivity contribution < 1.29 is 29.2 Å². The molecule has 294 valence electrons. The number of aryl methyl sites for hydroxylation is 2. The van der Waals surface area contributed by atoms with Crippen molar-refractivity contribution in [3.8, 4) is 44.9 Å². The van der Waals surface area contributed by atoms with Gasteiger partial charge in [-0.3, -0.25) is 0 Å². The summed E-state index contributed by atoms with van der Waals surface area (Å²) >= 11 is 0. The molecular weight excluding hydrogens is 709 g/mol. The smallest absolute Gasteiger partial charge is 0.127 e. The molecule has 0 heterocycles. The van der Waals surface area contributed by atoms with Crippen LogP contribution in [-0.4, -0.2) is 61.1 Å². The molecule has 6 aromatic carbocycles. The van der Waals surface area contributed by atoms with Gasteiger partial charge < -0.3 is 29.2 Å². The fourth-order valence-electron chi connectivity index (χ4n) is 7.84. The predicted molar refractivity (Wildman–Crippen MR) is 229 cm³/mol. The number of hydrogen-bond donors (Lipinski definition) is 2. The van der Waals surface area contributed by atoms with Crippen LogP contribution in [0.4, 0.5) is 0 Å². The third-order valence-electron chi connectivity index (χ3n) is 10.7. The quantitative estimate of drug-likeness (QED) is 0.102. The first-order valence-electron chi connectivity index (χ1n) is 20.0. The Labute approximate surface area is 337 Å². The standard InChI is InChI=1S/C51H54O6/c1-33-15-19-39(20-16-33)45-27-41(23-25-49(45)56-31-37(5)54-29-35(3)52)51(47-13-9-7-11-43(47)44-12-8-10-14-48(44)51)42-24-26-50(57-32-38(6)55-30-36(4)53)46(28-42)40-21-17-34(2)18-22-40/h7-28,35-38,52-53H,29-32H2,1-6H3. The summed E-state index contributed by atoms with van der Waals surface area (Å²) in [6.07, 6.45) is -1.51. The van der Waals surface area contributed by atoms with Gasteiger partial charge >= 0.3 is 0 Å². The van der Waals surface area contributed by atoms with E-state index in [2.05, 4.69) is 147 Å². The zero-order valence-electron chi connectivity index (χ0n) is 33.9. The molecule has 0 fully saturated rings. The fourth-order valence-corrected chi connectivity index (χ4v) is 7.84. The highest BCUT2D eigenvalue weighted by molar-refractivity contribution is 5.88. The fraction of sp³-hybridized carbons (Fsp3) is 0.294. The summed E-state index contributed by atoms with van der Waals surface area (Å²) in [5.41, 5.74) is 12.8. The summed E-state index contributed by atoms with van der Waals surface area (Å²) < 4.78 is 24.8. The summed E-state index contributed by atoms with van der Waals surface area (Å²) in [4.78, 5) is 0. The van der Waals surface area contributed by atoms with Crippen LogP contribution in [0, 0.1) is 13.8 Å². The largest absolute Gasteiger partial charge is 0.490 e. The monoisotopic (exact) mass is 762 g/mol. The number of aliphatic hydroxyl groups excluding tert-OH is 2. The molecule has 0 spiro atoms. The van der Waals surface area contributed by atoms with Crippen LogP contribution in [0.3, 0.4) is 0 Å². The van der Waals surface area contributed by atoms with Gasteiger partial charge in [0.15, 0.2) is 0 Å².